The second-order valence-electron chi connectivity index (χ2n) is 5.57. The van der Waals surface area contributed by atoms with E-state index < -0.39 is 0 Å². The molecule has 20 heavy (non-hydrogen) atoms. The zero-order valence-corrected chi connectivity index (χ0v) is 13.8. The minimum absolute atomic E-state index is 0.440. The topological polar surface area (TPSA) is 6.48 Å². The Morgan fingerprint density at radius 1 is 1.15 bits per heavy atom. The van der Waals surface area contributed by atoms with E-state index in [1.165, 1.54) is 5.56 Å². The van der Waals surface area contributed by atoms with E-state index in [-0.39, 0.29) is 0 Å². The van der Waals surface area contributed by atoms with Crippen LogP contribution in [-0.2, 0) is 0 Å². The lowest BCUT2D eigenvalue weighted by Crippen LogP contribution is -2.49. The molecule has 3 rings (SSSR count). The number of hydrogen-bond acceptors (Lipinski definition) is 2. The van der Waals surface area contributed by atoms with E-state index in [1.54, 1.807) is 0 Å². The maximum absolute atomic E-state index is 6.36. The third kappa shape index (κ3) is 2.33. The molecule has 1 aromatic carbocycles. The quantitative estimate of drug-likeness (QED) is 0.762. The van der Waals surface area contributed by atoms with Crippen LogP contribution in [0.3, 0.4) is 0 Å². The molecule has 0 bridgehead atoms. The lowest BCUT2D eigenvalue weighted by molar-refractivity contribution is -0.0211. The van der Waals surface area contributed by atoms with Gasteiger partial charge in [0, 0.05) is 28.7 Å². The Morgan fingerprint density at radius 3 is 2.40 bits per heavy atom. The van der Waals surface area contributed by atoms with Gasteiger partial charge in [0.15, 0.2) is 0 Å². The van der Waals surface area contributed by atoms with Gasteiger partial charge in [0.05, 0.1) is 17.6 Å². The molecule has 1 aliphatic heterocycles. The second-order valence-corrected chi connectivity index (χ2v) is 6.87. The summed E-state index contributed by atoms with van der Waals surface area (Å²) >= 11 is 18.6. The maximum Gasteiger partial charge on any atom is 0.0554 e. The molecule has 0 aromatic heterocycles. The minimum atomic E-state index is 0.440. The van der Waals surface area contributed by atoms with E-state index >= 15 is 0 Å². The fourth-order valence-electron chi connectivity index (χ4n) is 3.21. The average molecular weight is 332 g/mol. The fourth-order valence-corrected chi connectivity index (χ4v) is 4.02. The van der Waals surface area contributed by atoms with Gasteiger partial charge in [0.2, 0.25) is 0 Å². The number of hydrogen-bond donors (Lipinski definition) is 0. The predicted molar refractivity (Wildman–Crippen MR) is 85.2 cm³/mol. The highest BCUT2D eigenvalue weighted by Crippen LogP contribution is 2.46. The Morgan fingerprint density at radius 2 is 1.90 bits per heavy atom. The Balaban J connectivity index is 1.87. The minimum Gasteiger partial charge on any atom is -0.305 e. The summed E-state index contributed by atoms with van der Waals surface area (Å²) in [5.74, 6) is 0.444. The predicted octanol–water partition coefficient (Wildman–Crippen LogP) is 4.87. The van der Waals surface area contributed by atoms with Crippen LogP contribution < -0.4 is 0 Å². The van der Waals surface area contributed by atoms with Crippen LogP contribution in [0.2, 0.25) is 10.0 Å². The first kappa shape index (κ1) is 14.5. The highest BCUT2D eigenvalue weighted by Gasteiger charge is 2.41. The van der Waals surface area contributed by atoms with Crippen LogP contribution in [0.4, 0.5) is 0 Å². The van der Waals surface area contributed by atoms with Gasteiger partial charge in [0.1, 0.15) is 0 Å². The van der Waals surface area contributed by atoms with Crippen LogP contribution in [0, 0.1) is 0 Å². The molecule has 0 saturated heterocycles. The molecule has 1 saturated carbocycles. The van der Waals surface area contributed by atoms with Gasteiger partial charge < -0.3 is 5.01 Å². The van der Waals surface area contributed by atoms with E-state index in [2.05, 4.69) is 30.1 Å². The monoisotopic (exact) mass is 330 g/mol. The molecule has 2 nitrogen and oxygen atoms in total. The van der Waals surface area contributed by atoms with Gasteiger partial charge in [-0.25, -0.2) is 5.01 Å². The van der Waals surface area contributed by atoms with Crippen LogP contribution in [0.1, 0.15) is 31.2 Å². The first-order chi connectivity index (χ1) is 9.49. The van der Waals surface area contributed by atoms with Crippen LogP contribution in [0.5, 0.6) is 0 Å². The summed E-state index contributed by atoms with van der Waals surface area (Å²) in [6, 6.07) is 6.24. The number of likely N-dealkylation sites (N-methyl/N-ethyl adjacent to an activating group) is 1. The number of benzene rings is 1. The highest BCUT2D eigenvalue weighted by molar-refractivity contribution is 6.35. The molecule has 1 aliphatic carbocycles. The molecule has 2 atom stereocenters. The molecule has 108 valence electrons. The summed E-state index contributed by atoms with van der Waals surface area (Å²) in [5.41, 5.74) is 2.35. The summed E-state index contributed by atoms with van der Waals surface area (Å²) in [6.45, 7) is 2.88. The zero-order valence-electron chi connectivity index (χ0n) is 11.5. The van der Waals surface area contributed by atoms with Crippen molar-refractivity contribution in [3.63, 3.8) is 0 Å². The van der Waals surface area contributed by atoms with Gasteiger partial charge >= 0.3 is 0 Å². The molecule has 0 spiro atoms. The third-order valence-electron chi connectivity index (χ3n) is 4.39. The summed E-state index contributed by atoms with van der Waals surface area (Å²) in [5, 5.41) is 6.90. The van der Waals surface area contributed by atoms with Crippen LogP contribution in [-0.4, -0.2) is 29.7 Å². The molecule has 0 unspecified atom stereocenters. The molecule has 5 heteroatoms. The van der Waals surface area contributed by atoms with Crippen molar-refractivity contribution < 1.29 is 0 Å². The third-order valence-corrected chi connectivity index (χ3v) is 5.34. The number of rotatable bonds is 2. The zero-order chi connectivity index (χ0) is 14.4. The Hall–Kier alpha value is -0.410. The first-order valence-electron chi connectivity index (χ1n) is 6.79. The summed E-state index contributed by atoms with van der Waals surface area (Å²) in [6.07, 6.45) is 2.32. The number of hydrazine groups is 1. The number of halogens is 3. The van der Waals surface area contributed by atoms with Crippen LogP contribution in [0.15, 0.2) is 28.9 Å². The van der Waals surface area contributed by atoms with Gasteiger partial charge in [0.25, 0.3) is 0 Å². The molecule has 1 fully saturated rings. The van der Waals surface area contributed by atoms with Gasteiger partial charge in [-0.05, 0) is 37.5 Å². The molecule has 0 amide bonds. The molecule has 0 radical (unpaired) electrons. The average Bonchev–Trinajstić information content (AvgIpc) is 2.58. The lowest BCUT2D eigenvalue weighted by atomic mass is 9.74. The second kappa shape index (κ2) is 5.42. The van der Waals surface area contributed by atoms with Crippen LogP contribution in [0.25, 0.3) is 0 Å². The van der Waals surface area contributed by atoms with E-state index in [1.807, 2.05) is 12.1 Å². The van der Waals surface area contributed by atoms with Gasteiger partial charge in [-0.3, -0.25) is 0 Å². The van der Waals surface area contributed by atoms with E-state index in [0.29, 0.717) is 17.0 Å². The molecular weight excluding hydrogens is 315 g/mol. The molecule has 2 aliphatic rings. The largest absolute Gasteiger partial charge is 0.305 e. The molecular formula is C15H17Cl3N2. The highest BCUT2D eigenvalue weighted by atomic mass is 35.5. The Bertz CT molecular complexity index is 570. The van der Waals surface area contributed by atoms with Gasteiger partial charge in [-0.1, -0.05) is 40.9 Å². The molecule has 0 N–H and O–H groups in total. The van der Waals surface area contributed by atoms with Gasteiger partial charge in [-0.15, -0.1) is 0 Å². The van der Waals surface area contributed by atoms with Crippen molar-refractivity contribution >= 4 is 34.8 Å². The van der Waals surface area contributed by atoms with Crippen LogP contribution >= 0.6 is 34.8 Å². The smallest absolute Gasteiger partial charge is 0.0554 e. The van der Waals surface area contributed by atoms with E-state index in [0.717, 1.165) is 35.1 Å². The van der Waals surface area contributed by atoms with Crippen molar-refractivity contribution in [2.45, 2.75) is 31.7 Å². The maximum atomic E-state index is 6.36. The lowest BCUT2D eigenvalue weighted by Gasteiger charge is -2.47. The summed E-state index contributed by atoms with van der Waals surface area (Å²) in [7, 11) is 2.08. The van der Waals surface area contributed by atoms with Crippen molar-refractivity contribution in [2.24, 2.45) is 0 Å². The van der Waals surface area contributed by atoms with Crippen molar-refractivity contribution in [3.8, 4) is 0 Å². The van der Waals surface area contributed by atoms with E-state index in [4.69, 9.17) is 34.8 Å². The molecule has 1 heterocycles. The fraction of sp³-hybridized carbons (Fsp3) is 0.467. The van der Waals surface area contributed by atoms with Crippen molar-refractivity contribution in [1.82, 2.24) is 10.0 Å². The number of nitrogens with zero attached hydrogens (tertiary/aromatic N) is 2. The SMILES string of the molecule is CC1=C(Cl)CN(C)N1[C@H]1CC[C@H]1c1ccc(Cl)cc1Cl. The normalized spacial score (nSPS) is 27.1. The van der Waals surface area contributed by atoms with Gasteiger partial charge in [-0.2, -0.15) is 0 Å². The standard InChI is InChI=1S/C15H17Cl3N2/c1-9-14(18)8-19(2)20(9)15-6-5-12(15)11-4-3-10(16)7-13(11)17/h3-4,7,12,15H,5-6,8H2,1-2H3/t12-,15-/m0/s1. The van der Waals surface area contributed by atoms with Crippen molar-refractivity contribution in [3.05, 3.63) is 44.5 Å². The summed E-state index contributed by atoms with van der Waals surface area (Å²) in [4.78, 5) is 0. The van der Waals surface area contributed by atoms with Crippen molar-refractivity contribution in [2.75, 3.05) is 13.6 Å². The first-order valence-corrected chi connectivity index (χ1v) is 7.93. The Labute approximate surface area is 134 Å². The summed E-state index contributed by atoms with van der Waals surface area (Å²) < 4.78 is 0. The number of allylic oxidation sites excluding steroid dienone is 1. The molecule has 1 aromatic rings. The van der Waals surface area contributed by atoms with E-state index in [9.17, 15) is 0 Å². The Kier molecular flexibility index (Phi) is 3.93. The van der Waals surface area contributed by atoms with Crippen molar-refractivity contribution in [1.29, 1.82) is 0 Å².